The number of piperidine rings is 1. The molecule has 1 atom stereocenters. The lowest BCUT2D eigenvalue weighted by Gasteiger charge is -2.41. The van der Waals surface area contributed by atoms with Crippen LogP contribution in [0.2, 0.25) is 0 Å². The van der Waals surface area contributed by atoms with Crippen LogP contribution in [0.1, 0.15) is 31.1 Å². The van der Waals surface area contributed by atoms with Gasteiger partial charge in [-0.25, -0.2) is 12.7 Å². The molecule has 7 nitrogen and oxygen atoms in total. The zero-order valence-corrected chi connectivity index (χ0v) is 18.3. The molecule has 0 saturated carbocycles. The molecule has 0 unspecified atom stereocenters. The van der Waals surface area contributed by atoms with E-state index in [2.05, 4.69) is 5.16 Å². The summed E-state index contributed by atoms with van der Waals surface area (Å²) in [6.07, 6.45) is 1.57. The van der Waals surface area contributed by atoms with Gasteiger partial charge in [-0.3, -0.25) is 4.79 Å². The molecule has 0 spiro atoms. The predicted octanol–water partition coefficient (Wildman–Crippen LogP) is 2.71. The third-order valence-corrected chi connectivity index (χ3v) is 7.41. The molecular weight excluding hydrogens is 390 g/mol. The molecule has 2 aromatic rings. The summed E-state index contributed by atoms with van der Waals surface area (Å²) >= 11 is 0. The van der Waals surface area contributed by atoms with Crippen molar-refractivity contribution in [2.45, 2.75) is 33.1 Å². The first-order valence-corrected chi connectivity index (χ1v) is 11.5. The van der Waals surface area contributed by atoms with Crippen LogP contribution in [-0.4, -0.2) is 61.6 Å². The van der Waals surface area contributed by atoms with Crippen molar-refractivity contribution < 1.29 is 17.7 Å². The predicted molar refractivity (Wildman–Crippen MR) is 112 cm³/mol. The van der Waals surface area contributed by atoms with Crippen molar-refractivity contribution in [3.8, 4) is 11.3 Å². The number of aromatic nitrogens is 1. The summed E-state index contributed by atoms with van der Waals surface area (Å²) in [6, 6.07) is 9.83. The highest BCUT2D eigenvalue weighted by Crippen LogP contribution is 2.37. The van der Waals surface area contributed by atoms with Crippen LogP contribution in [0, 0.1) is 12.3 Å². The molecule has 1 aromatic heterocycles. The molecule has 0 aliphatic carbocycles. The summed E-state index contributed by atoms with van der Waals surface area (Å²) in [5.74, 6) is 0.535. The van der Waals surface area contributed by atoms with Gasteiger partial charge in [-0.1, -0.05) is 35.0 Å². The van der Waals surface area contributed by atoms with Crippen molar-refractivity contribution in [2.24, 2.45) is 5.41 Å². The summed E-state index contributed by atoms with van der Waals surface area (Å²) in [5.41, 5.74) is 1.96. The first-order chi connectivity index (χ1) is 13.7. The molecule has 2 heterocycles. The highest BCUT2D eigenvalue weighted by molar-refractivity contribution is 7.89. The summed E-state index contributed by atoms with van der Waals surface area (Å²) in [6.45, 7) is 4.27. The average Bonchev–Trinajstić information content (AvgIpc) is 3.16. The Labute approximate surface area is 172 Å². The maximum Gasteiger partial charge on any atom is 0.230 e. The van der Waals surface area contributed by atoms with Crippen LogP contribution in [-0.2, 0) is 21.2 Å². The average molecular weight is 420 g/mol. The highest BCUT2D eigenvalue weighted by atomic mass is 32.2. The Hall–Kier alpha value is -2.19. The van der Waals surface area contributed by atoms with Gasteiger partial charge >= 0.3 is 0 Å². The lowest BCUT2D eigenvalue weighted by molar-refractivity contribution is -0.142. The number of carbonyl (C=O) groups is 1. The van der Waals surface area contributed by atoms with E-state index in [1.54, 1.807) is 25.9 Å². The van der Waals surface area contributed by atoms with Gasteiger partial charge in [0, 0.05) is 45.2 Å². The molecule has 0 radical (unpaired) electrons. The zero-order chi connectivity index (χ0) is 21.2. The Balaban J connectivity index is 1.91. The molecule has 158 valence electrons. The Kier molecular flexibility index (Phi) is 6.14. The molecule has 1 fully saturated rings. The van der Waals surface area contributed by atoms with Gasteiger partial charge in [-0.15, -0.1) is 0 Å². The van der Waals surface area contributed by atoms with Gasteiger partial charge in [0.25, 0.3) is 0 Å². The van der Waals surface area contributed by atoms with Crippen LogP contribution in [0.15, 0.2) is 34.9 Å². The van der Waals surface area contributed by atoms with E-state index in [0.717, 1.165) is 11.1 Å². The van der Waals surface area contributed by atoms with Gasteiger partial charge in [-0.2, -0.15) is 0 Å². The number of hydrogen-bond acceptors (Lipinski definition) is 5. The maximum absolute atomic E-state index is 13.1. The van der Waals surface area contributed by atoms with E-state index in [1.165, 1.54) is 4.31 Å². The lowest BCUT2D eigenvalue weighted by Crippen LogP contribution is -2.54. The van der Waals surface area contributed by atoms with Crippen LogP contribution in [0.5, 0.6) is 0 Å². The minimum atomic E-state index is -3.37. The van der Waals surface area contributed by atoms with Gasteiger partial charge in [-0.05, 0) is 26.7 Å². The van der Waals surface area contributed by atoms with Gasteiger partial charge < -0.3 is 9.42 Å². The first-order valence-electron chi connectivity index (χ1n) is 9.89. The number of hydrogen-bond donors (Lipinski definition) is 0. The molecule has 3 rings (SSSR count). The van der Waals surface area contributed by atoms with E-state index in [0.29, 0.717) is 37.3 Å². The number of sulfonamides is 1. The Bertz CT molecular complexity index is 966. The number of aryl methyl sites for hydroxylation is 1. The third-order valence-electron chi connectivity index (χ3n) is 5.58. The Morgan fingerprint density at radius 3 is 2.59 bits per heavy atom. The van der Waals surface area contributed by atoms with Crippen molar-refractivity contribution in [1.82, 2.24) is 14.4 Å². The summed E-state index contributed by atoms with van der Waals surface area (Å²) in [4.78, 5) is 14.7. The highest BCUT2D eigenvalue weighted by Gasteiger charge is 2.46. The van der Waals surface area contributed by atoms with Crippen LogP contribution >= 0.6 is 0 Å². The molecule has 1 aliphatic heterocycles. The number of nitrogens with zero attached hydrogens (tertiary/aromatic N) is 3. The maximum atomic E-state index is 13.1. The second-order valence-corrected chi connectivity index (χ2v) is 10.3. The number of rotatable bonds is 6. The molecule has 8 heteroatoms. The normalized spacial score (nSPS) is 20.6. The van der Waals surface area contributed by atoms with E-state index < -0.39 is 15.4 Å². The molecule has 29 heavy (non-hydrogen) atoms. The summed E-state index contributed by atoms with van der Waals surface area (Å²) in [7, 11) is 0.0384. The Morgan fingerprint density at radius 2 is 1.97 bits per heavy atom. The van der Waals surface area contributed by atoms with Crippen molar-refractivity contribution >= 4 is 15.9 Å². The van der Waals surface area contributed by atoms with E-state index in [1.807, 2.05) is 37.3 Å². The topological polar surface area (TPSA) is 83.7 Å². The fourth-order valence-corrected chi connectivity index (χ4v) is 5.18. The summed E-state index contributed by atoms with van der Waals surface area (Å²) in [5, 5.41) is 4.17. The largest absolute Gasteiger partial charge is 0.361 e. The molecule has 1 aromatic carbocycles. The monoisotopic (exact) mass is 419 g/mol. The smallest absolute Gasteiger partial charge is 0.230 e. The van der Waals surface area contributed by atoms with Crippen molar-refractivity contribution in [3.63, 3.8) is 0 Å². The second kappa shape index (κ2) is 8.28. The van der Waals surface area contributed by atoms with Crippen LogP contribution in [0.3, 0.4) is 0 Å². The molecule has 1 saturated heterocycles. The molecule has 1 amide bonds. The van der Waals surface area contributed by atoms with Gasteiger partial charge in [0.1, 0.15) is 11.5 Å². The number of benzene rings is 1. The minimum absolute atomic E-state index is 0.0269. The molecule has 0 N–H and O–H groups in total. The fraction of sp³-hybridized carbons (Fsp3) is 0.524. The van der Waals surface area contributed by atoms with E-state index in [9.17, 15) is 13.2 Å². The quantitative estimate of drug-likeness (QED) is 0.719. The van der Waals surface area contributed by atoms with Crippen LogP contribution in [0.4, 0.5) is 0 Å². The van der Waals surface area contributed by atoms with E-state index in [-0.39, 0.29) is 18.2 Å². The van der Waals surface area contributed by atoms with Crippen LogP contribution < -0.4 is 0 Å². The SMILES string of the molecule is CCS(=O)(=O)N1CCC[C@](Cc2cc(-c3ccc(C)cc3)no2)(C(=O)N(C)C)C1. The number of carbonyl (C=O) groups excluding carboxylic acids is 1. The minimum Gasteiger partial charge on any atom is -0.361 e. The van der Waals surface area contributed by atoms with Crippen LogP contribution in [0.25, 0.3) is 11.3 Å². The fourth-order valence-electron chi connectivity index (χ4n) is 3.97. The second-order valence-electron chi connectivity index (χ2n) is 8.04. The Morgan fingerprint density at radius 1 is 1.28 bits per heavy atom. The van der Waals surface area contributed by atoms with E-state index >= 15 is 0 Å². The zero-order valence-electron chi connectivity index (χ0n) is 17.5. The molecular formula is C21H29N3O4S. The standard InChI is InChI=1S/C21H29N3O4S/c1-5-29(26,27)24-12-6-11-21(15-24,20(25)23(3)4)14-18-13-19(22-28-18)17-9-7-16(2)8-10-17/h7-10,13H,5-6,11-12,14-15H2,1-4H3/t21-/m1/s1. The summed E-state index contributed by atoms with van der Waals surface area (Å²) < 4.78 is 32.0. The van der Waals surface area contributed by atoms with Gasteiger partial charge in [0.15, 0.2) is 0 Å². The van der Waals surface area contributed by atoms with Gasteiger partial charge in [0.2, 0.25) is 15.9 Å². The third kappa shape index (κ3) is 4.53. The van der Waals surface area contributed by atoms with E-state index in [4.69, 9.17) is 4.52 Å². The number of amides is 1. The lowest BCUT2D eigenvalue weighted by atomic mass is 9.75. The first kappa shape index (κ1) is 21.5. The molecule has 0 bridgehead atoms. The molecule has 1 aliphatic rings. The van der Waals surface area contributed by atoms with Gasteiger partial charge in [0.05, 0.1) is 11.2 Å². The van der Waals surface area contributed by atoms with Crippen molar-refractivity contribution in [1.29, 1.82) is 0 Å². The van der Waals surface area contributed by atoms with Crippen molar-refractivity contribution in [2.75, 3.05) is 32.9 Å². The van der Waals surface area contributed by atoms with Crippen molar-refractivity contribution in [3.05, 3.63) is 41.7 Å².